The van der Waals surface area contributed by atoms with E-state index < -0.39 is 0 Å². The Labute approximate surface area is 118 Å². The molecule has 1 unspecified atom stereocenters. The molecule has 0 saturated carbocycles. The minimum atomic E-state index is -0.181. The van der Waals surface area contributed by atoms with Gasteiger partial charge in [0.25, 0.3) is 0 Å². The van der Waals surface area contributed by atoms with Gasteiger partial charge < -0.3 is 15.3 Å². The highest BCUT2D eigenvalue weighted by Gasteiger charge is 2.18. The van der Waals surface area contributed by atoms with Gasteiger partial charge in [0.2, 0.25) is 0 Å². The Balaban J connectivity index is 2.02. The zero-order valence-corrected chi connectivity index (χ0v) is 11.3. The van der Waals surface area contributed by atoms with E-state index in [9.17, 15) is 0 Å². The summed E-state index contributed by atoms with van der Waals surface area (Å²) in [7, 11) is 0. The number of hydrazone groups is 1. The molecule has 1 heterocycles. The fourth-order valence-corrected chi connectivity index (χ4v) is 2.51. The quantitative estimate of drug-likeness (QED) is 0.530. The standard InChI is InChI=1S/C16H18N2O2/c17-18-11-13-9-8-12-5-1-2-6-14(12)16(13)20-15-7-3-4-10-19-15/h1-2,5-6,8-9,11,15H,3-4,7,10,17H2/b18-11+. The van der Waals surface area contributed by atoms with E-state index in [2.05, 4.69) is 11.2 Å². The monoisotopic (exact) mass is 270 g/mol. The minimum Gasteiger partial charge on any atom is -0.464 e. The molecule has 2 aromatic carbocycles. The molecule has 0 radical (unpaired) electrons. The molecule has 1 atom stereocenters. The first-order valence-corrected chi connectivity index (χ1v) is 6.92. The van der Waals surface area contributed by atoms with Gasteiger partial charge >= 0.3 is 0 Å². The molecule has 1 aliphatic heterocycles. The number of benzene rings is 2. The van der Waals surface area contributed by atoms with Gasteiger partial charge in [-0.25, -0.2) is 0 Å². The van der Waals surface area contributed by atoms with E-state index in [4.69, 9.17) is 15.3 Å². The van der Waals surface area contributed by atoms with E-state index in [-0.39, 0.29) is 6.29 Å². The molecule has 0 spiro atoms. The van der Waals surface area contributed by atoms with Crippen LogP contribution in [0.15, 0.2) is 41.5 Å². The van der Waals surface area contributed by atoms with Crippen molar-refractivity contribution in [1.82, 2.24) is 0 Å². The Hall–Kier alpha value is -2.07. The Morgan fingerprint density at radius 2 is 2.10 bits per heavy atom. The van der Waals surface area contributed by atoms with Gasteiger partial charge in [0.1, 0.15) is 5.75 Å². The van der Waals surface area contributed by atoms with E-state index in [1.54, 1.807) is 6.21 Å². The lowest BCUT2D eigenvalue weighted by molar-refractivity contribution is -0.105. The van der Waals surface area contributed by atoms with Gasteiger partial charge in [0.05, 0.1) is 12.8 Å². The molecule has 2 aromatic rings. The van der Waals surface area contributed by atoms with Gasteiger partial charge in [-0.2, -0.15) is 5.10 Å². The summed E-state index contributed by atoms with van der Waals surface area (Å²) in [5.74, 6) is 6.08. The van der Waals surface area contributed by atoms with Crippen LogP contribution in [0.1, 0.15) is 24.8 Å². The molecule has 20 heavy (non-hydrogen) atoms. The molecule has 4 nitrogen and oxygen atoms in total. The summed E-state index contributed by atoms with van der Waals surface area (Å²) >= 11 is 0. The van der Waals surface area contributed by atoms with Crippen LogP contribution >= 0.6 is 0 Å². The topological polar surface area (TPSA) is 56.8 Å². The molecule has 3 rings (SSSR count). The van der Waals surface area contributed by atoms with E-state index in [1.807, 2.05) is 30.3 Å². The summed E-state index contributed by atoms with van der Waals surface area (Å²) in [5.41, 5.74) is 0.875. The predicted octanol–water partition coefficient (Wildman–Crippen LogP) is 3.04. The summed E-state index contributed by atoms with van der Waals surface area (Å²) < 4.78 is 11.7. The Bertz CT molecular complexity index is 619. The SMILES string of the molecule is N/N=C/c1ccc2ccccc2c1OC1CCCCO1. The van der Waals surface area contributed by atoms with Crippen LogP contribution in [0, 0.1) is 0 Å². The molecule has 0 aliphatic carbocycles. The zero-order valence-electron chi connectivity index (χ0n) is 11.3. The second-order valence-electron chi connectivity index (χ2n) is 4.90. The van der Waals surface area contributed by atoms with Gasteiger partial charge in [0.15, 0.2) is 6.29 Å². The largest absolute Gasteiger partial charge is 0.464 e. The summed E-state index contributed by atoms with van der Waals surface area (Å²) in [6.07, 6.45) is 4.59. The molecule has 1 saturated heterocycles. The van der Waals surface area contributed by atoms with Crippen molar-refractivity contribution >= 4 is 17.0 Å². The summed E-state index contributed by atoms with van der Waals surface area (Å²) in [6.45, 7) is 0.760. The lowest BCUT2D eigenvalue weighted by Gasteiger charge is -2.25. The number of fused-ring (bicyclic) bond motifs is 1. The molecule has 0 bridgehead atoms. The number of nitrogens with zero attached hydrogens (tertiary/aromatic N) is 1. The highest BCUT2D eigenvalue weighted by molar-refractivity contribution is 5.97. The second kappa shape index (κ2) is 5.92. The van der Waals surface area contributed by atoms with Crippen LogP contribution in [0.4, 0.5) is 0 Å². The first-order chi connectivity index (χ1) is 9.88. The van der Waals surface area contributed by atoms with Crippen LogP contribution in [-0.2, 0) is 4.74 Å². The van der Waals surface area contributed by atoms with Crippen molar-refractivity contribution in [1.29, 1.82) is 0 Å². The first kappa shape index (κ1) is 12.9. The third-order valence-electron chi connectivity index (χ3n) is 3.51. The highest BCUT2D eigenvalue weighted by atomic mass is 16.7. The van der Waals surface area contributed by atoms with Crippen LogP contribution in [0.5, 0.6) is 5.75 Å². The highest BCUT2D eigenvalue weighted by Crippen LogP contribution is 2.31. The molecular weight excluding hydrogens is 252 g/mol. The number of nitrogens with two attached hydrogens (primary N) is 1. The lowest BCUT2D eigenvalue weighted by atomic mass is 10.1. The predicted molar refractivity (Wildman–Crippen MR) is 79.9 cm³/mol. The van der Waals surface area contributed by atoms with Crippen molar-refractivity contribution in [3.8, 4) is 5.75 Å². The smallest absolute Gasteiger partial charge is 0.199 e. The van der Waals surface area contributed by atoms with E-state index in [0.29, 0.717) is 0 Å². The lowest BCUT2D eigenvalue weighted by Crippen LogP contribution is -2.25. The van der Waals surface area contributed by atoms with E-state index in [0.717, 1.165) is 48.0 Å². The Morgan fingerprint density at radius 3 is 2.90 bits per heavy atom. The Kier molecular flexibility index (Phi) is 3.83. The van der Waals surface area contributed by atoms with Crippen LogP contribution < -0.4 is 10.6 Å². The van der Waals surface area contributed by atoms with E-state index >= 15 is 0 Å². The molecule has 4 heteroatoms. The van der Waals surface area contributed by atoms with Crippen molar-refractivity contribution in [2.45, 2.75) is 25.6 Å². The first-order valence-electron chi connectivity index (χ1n) is 6.92. The fraction of sp³-hybridized carbons (Fsp3) is 0.312. The van der Waals surface area contributed by atoms with E-state index in [1.165, 1.54) is 0 Å². The summed E-state index contributed by atoms with van der Waals surface area (Å²) in [6, 6.07) is 12.1. The molecular formula is C16H18N2O2. The summed E-state index contributed by atoms with van der Waals surface area (Å²) in [5, 5.41) is 5.81. The van der Waals surface area contributed by atoms with Crippen molar-refractivity contribution in [2.75, 3.05) is 6.61 Å². The van der Waals surface area contributed by atoms with Crippen LogP contribution in [-0.4, -0.2) is 19.1 Å². The number of rotatable bonds is 3. The zero-order chi connectivity index (χ0) is 13.8. The minimum absolute atomic E-state index is 0.181. The molecule has 0 aromatic heterocycles. The number of hydrogen-bond acceptors (Lipinski definition) is 4. The fourth-order valence-electron chi connectivity index (χ4n) is 2.51. The van der Waals surface area contributed by atoms with Gasteiger partial charge in [-0.15, -0.1) is 0 Å². The second-order valence-corrected chi connectivity index (χ2v) is 4.90. The van der Waals surface area contributed by atoms with Crippen LogP contribution in [0.3, 0.4) is 0 Å². The van der Waals surface area contributed by atoms with Gasteiger partial charge in [-0.1, -0.05) is 30.3 Å². The molecule has 0 amide bonds. The average Bonchev–Trinajstić information content (AvgIpc) is 2.51. The molecule has 104 valence electrons. The van der Waals surface area contributed by atoms with Gasteiger partial charge in [-0.3, -0.25) is 0 Å². The maximum Gasteiger partial charge on any atom is 0.199 e. The van der Waals surface area contributed by atoms with Crippen molar-refractivity contribution in [2.24, 2.45) is 10.9 Å². The maximum absolute atomic E-state index is 6.08. The third kappa shape index (κ3) is 2.60. The average molecular weight is 270 g/mol. The molecule has 1 fully saturated rings. The number of hydrogen-bond donors (Lipinski definition) is 1. The van der Waals surface area contributed by atoms with Gasteiger partial charge in [-0.05, 0) is 24.3 Å². The summed E-state index contributed by atoms with van der Waals surface area (Å²) in [4.78, 5) is 0. The molecule has 2 N–H and O–H groups in total. The number of ether oxygens (including phenoxy) is 2. The van der Waals surface area contributed by atoms with Crippen molar-refractivity contribution < 1.29 is 9.47 Å². The van der Waals surface area contributed by atoms with Crippen LogP contribution in [0.2, 0.25) is 0 Å². The van der Waals surface area contributed by atoms with Crippen molar-refractivity contribution in [3.05, 3.63) is 42.0 Å². The van der Waals surface area contributed by atoms with Crippen molar-refractivity contribution in [3.63, 3.8) is 0 Å². The Morgan fingerprint density at radius 1 is 1.20 bits per heavy atom. The third-order valence-corrected chi connectivity index (χ3v) is 3.51. The molecule has 1 aliphatic rings. The normalized spacial score (nSPS) is 19.5. The van der Waals surface area contributed by atoms with Gasteiger partial charge in [0, 0.05) is 17.4 Å². The maximum atomic E-state index is 6.08. The van der Waals surface area contributed by atoms with Crippen LogP contribution in [0.25, 0.3) is 10.8 Å².